The summed E-state index contributed by atoms with van der Waals surface area (Å²) in [5, 5.41) is 2.15. The average molecular weight is 730 g/mol. The van der Waals surface area contributed by atoms with Crippen molar-refractivity contribution in [3.8, 4) is 67.9 Å². The number of para-hydroxylation sites is 2. The molecule has 0 atom stereocenters. The average Bonchev–Trinajstić information content (AvgIpc) is 3.79. The number of hydrogen-bond donors (Lipinski definition) is 0. The number of hydrogen-bond acceptors (Lipinski definition) is 5. The first-order valence-electron chi connectivity index (χ1n) is 19.2. The summed E-state index contributed by atoms with van der Waals surface area (Å²) in [5.41, 5.74) is 13.1. The molecular weight excluding hydrogens is 699 g/mol. The zero-order chi connectivity index (χ0) is 37.5. The Bertz CT molecular complexity index is 3120. The van der Waals surface area contributed by atoms with Crippen LogP contribution in [0, 0.1) is 0 Å². The number of fused-ring (bicyclic) bond motifs is 12. The van der Waals surface area contributed by atoms with Crippen molar-refractivity contribution in [3.05, 3.63) is 210 Å². The molecule has 1 spiro atoms. The Hall–Kier alpha value is -7.63. The molecule has 3 heterocycles. The Kier molecular flexibility index (Phi) is 6.78. The maximum absolute atomic E-state index is 6.83. The van der Waals surface area contributed by atoms with Crippen LogP contribution < -0.4 is 4.74 Å². The minimum atomic E-state index is -0.566. The van der Waals surface area contributed by atoms with Crippen molar-refractivity contribution in [1.29, 1.82) is 0 Å². The van der Waals surface area contributed by atoms with Gasteiger partial charge in [0.2, 0.25) is 0 Å². The molecular formula is C52H31N3O2. The molecule has 57 heavy (non-hydrogen) atoms. The van der Waals surface area contributed by atoms with Gasteiger partial charge in [0.25, 0.3) is 0 Å². The summed E-state index contributed by atoms with van der Waals surface area (Å²) in [5.74, 6) is 3.63. The standard InChI is InChI=1S/C52H31N3O2/c1-3-15-32(16-4-1)49-53-50(33-17-5-2-6-18-33)55-51(54-49)35-20-13-19-34(29-35)36-22-14-28-46-48(36)39-30-38-37-21-7-8-23-40(37)52(43(38)31-47(39)57-46)41-24-9-11-26-44(41)56-45-27-12-10-25-42(45)52/h1-31H. The highest BCUT2D eigenvalue weighted by Crippen LogP contribution is 2.62. The molecule has 0 amide bonds. The number of ether oxygens (including phenoxy) is 1. The molecule has 0 saturated heterocycles. The first-order valence-corrected chi connectivity index (χ1v) is 19.2. The summed E-state index contributed by atoms with van der Waals surface area (Å²) < 4.78 is 13.4. The van der Waals surface area contributed by atoms with Crippen molar-refractivity contribution >= 4 is 21.9 Å². The Morgan fingerprint density at radius 2 is 0.877 bits per heavy atom. The highest BCUT2D eigenvalue weighted by atomic mass is 16.5. The number of aromatic nitrogens is 3. The van der Waals surface area contributed by atoms with E-state index in [1.165, 1.54) is 22.3 Å². The fourth-order valence-corrected chi connectivity index (χ4v) is 9.17. The maximum atomic E-state index is 6.83. The predicted molar refractivity (Wildman–Crippen MR) is 226 cm³/mol. The third-order valence-corrected chi connectivity index (χ3v) is 11.6. The Morgan fingerprint density at radius 3 is 1.56 bits per heavy atom. The quantitative estimate of drug-likeness (QED) is 0.180. The van der Waals surface area contributed by atoms with E-state index in [0.717, 1.165) is 72.4 Å². The van der Waals surface area contributed by atoms with Crippen LogP contribution in [0.1, 0.15) is 22.3 Å². The van der Waals surface area contributed by atoms with Crippen LogP contribution in [0.2, 0.25) is 0 Å². The smallest absolute Gasteiger partial charge is 0.164 e. The predicted octanol–water partition coefficient (Wildman–Crippen LogP) is 12.9. The molecule has 1 aliphatic carbocycles. The van der Waals surface area contributed by atoms with Gasteiger partial charge in [-0.3, -0.25) is 0 Å². The van der Waals surface area contributed by atoms with Gasteiger partial charge < -0.3 is 9.15 Å². The van der Waals surface area contributed by atoms with Gasteiger partial charge in [-0.2, -0.15) is 0 Å². The zero-order valence-corrected chi connectivity index (χ0v) is 30.6. The molecule has 2 aromatic heterocycles. The minimum absolute atomic E-state index is 0.566. The summed E-state index contributed by atoms with van der Waals surface area (Å²) in [6.07, 6.45) is 0. The van der Waals surface area contributed by atoms with E-state index in [1.54, 1.807) is 0 Å². The second kappa shape index (κ2) is 12.2. The van der Waals surface area contributed by atoms with Crippen LogP contribution in [0.5, 0.6) is 11.5 Å². The van der Waals surface area contributed by atoms with Crippen LogP contribution in [0.25, 0.3) is 78.4 Å². The van der Waals surface area contributed by atoms with Crippen molar-refractivity contribution < 1.29 is 9.15 Å². The van der Waals surface area contributed by atoms with Crippen LogP contribution in [0.3, 0.4) is 0 Å². The van der Waals surface area contributed by atoms with Gasteiger partial charge >= 0.3 is 0 Å². The Balaban J connectivity index is 1.06. The van der Waals surface area contributed by atoms with E-state index in [4.69, 9.17) is 24.1 Å². The van der Waals surface area contributed by atoms with E-state index < -0.39 is 5.41 Å². The molecule has 0 unspecified atom stereocenters. The summed E-state index contributed by atoms with van der Waals surface area (Å²) in [6.45, 7) is 0. The number of rotatable bonds is 4. The summed E-state index contributed by atoms with van der Waals surface area (Å²) >= 11 is 0. The summed E-state index contributed by atoms with van der Waals surface area (Å²) in [4.78, 5) is 14.9. The lowest BCUT2D eigenvalue weighted by atomic mass is 9.66. The maximum Gasteiger partial charge on any atom is 0.164 e. The van der Waals surface area contributed by atoms with E-state index in [-0.39, 0.29) is 0 Å². The molecule has 0 bridgehead atoms. The lowest BCUT2D eigenvalue weighted by molar-refractivity contribution is 0.436. The van der Waals surface area contributed by atoms with Gasteiger partial charge in [-0.25, -0.2) is 15.0 Å². The van der Waals surface area contributed by atoms with Crippen LogP contribution in [0.4, 0.5) is 0 Å². The molecule has 1 aliphatic heterocycles. The summed E-state index contributed by atoms with van der Waals surface area (Å²) in [6, 6.07) is 65.3. The molecule has 0 saturated carbocycles. The van der Waals surface area contributed by atoms with Crippen molar-refractivity contribution in [3.63, 3.8) is 0 Å². The molecule has 8 aromatic carbocycles. The molecule has 266 valence electrons. The molecule has 10 aromatic rings. The highest BCUT2D eigenvalue weighted by molar-refractivity contribution is 6.14. The van der Waals surface area contributed by atoms with Gasteiger partial charge in [-0.05, 0) is 69.8 Å². The van der Waals surface area contributed by atoms with E-state index in [2.05, 4.69) is 115 Å². The number of nitrogens with zero attached hydrogens (tertiary/aromatic N) is 3. The monoisotopic (exact) mass is 729 g/mol. The topological polar surface area (TPSA) is 61.0 Å². The van der Waals surface area contributed by atoms with Crippen LogP contribution in [-0.4, -0.2) is 15.0 Å². The lowest BCUT2D eigenvalue weighted by Gasteiger charge is -2.39. The molecule has 5 nitrogen and oxygen atoms in total. The van der Waals surface area contributed by atoms with Gasteiger partial charge in [0.05, 0.1) is 5.41 Å². The second-order valence-electron chi connectivity index (χ2n) is 14.7. The number of furan rings is 1. The van der Waals surface area contributed by atoms with Gasteiger partial charge in [0, 0.05) is 38.6 Å². The highest BCUT2D eigenvalue weighted by Gasteiger charge is 2.51. The van der Waals surface area contributed by atoms with E-state index in [0.29, 0.717) is 17.5 Å². The first-order chi connectivity index (χ1) is 28.2. The fourth-order valence-electron chi connectivity index (χ4n) is 9.17. The van der Waals surface area contributed by atoms with E-state index in [1.807, 2.05) is 72.8 Å². The molecule has 0 fully saturated rings. The SMILES string of the molecule is c1ccc(-c2nc(-c3ccccc3)nc(-c3cccc(-c4cccc5oc6cc7c(cc6c45)-c4ccccc4C74c5ccccc5Oc5ccccc54)c3)n2)cc1. The van der Waals surface area contributed by atoms with Crippen molar-refractivity contribution in [2.45, 2.75) is 5.41 Å². The lowest BCUT2D eigenvalue weighted by Crippen LogP contribution is -2.32. The van der Waals surface area contributed by atoms with Gasteiger partial charge in [0.15, 0.2) is 17.5 Å². The van der Waals surface area contributed by atoms with Crippen molar-refractivity contribution in [2.24, 2.45) is 0 Å². The van der Waals surface area contributed by atoms with E-state index in [9.17, 15) is 0 Å². The van der Waals surface area contributed by atoms with Crippen LogP contribution in [-0.2, 0) is 5.41 Å². The third kappa shape index (κ3) is 4.66. The third-order valence-electron chi connectivity index (χ3n) is 11.6. The zero-order valence-electron chi connectivity index (χ0n) is 30.6. The summed E-state index contributed by atoms with van der Waals surface area (Å²) in [7, 11) is 0. The van der Waals surface area contributed by atoms with Gasteiger partial charge in [0.1, 0.15) is 22.7 Å². The molecule has 2 aliphatic rings. The minimum Gasteiger partial charge on any atom is -0.457 e. The Morgan fingerprint density at radius 1 is 0.351 bits per heavy atom. The van der Waals surface area contributed by atoms with Crippen molar-refractivity contribution in [1.82, 2.24) is 15.0 Å². The van der Waals surface area contributed by atoms with Gasteiger partial charge in [-0.15, -0.1) is 0 Å². The molecule has 5 heteroatoms. The fraction of sp³-hybridized carbons (Fsp3) is 0.0192. The molecule has 12 rings (SSSR count). The Labute approximate surface area is 328 Å². The first kappa shape index (κ1) is 31.7. The van der Waals surface area contributed by atoms with E-state index >= 15 is 0 Å². The largest absolute Gasteiger partial charge is 0.457 e. The van der Waals surface area contributed by atoms with Crippen molar-refractivity contribution in [2.75, 3.05) is 0 Å². The molecule has 0 N–H and O–H groups in total. The van der Waals surface area contributed by atoms with Crippen LogP contribution in [0.15, 0.2) is 192 Å². The molecule has 0 radical (unpaired) electrons. The normalized spacial score (nSPS) is 13.2. The van der Waals surface area contributed by atoms with Crippen LogP contribution >= 0.6 is 0 Å². The van der Waals surface area contributed by atoms with Gasteiger partial charge in [-0.1, -0.05) is 152 Å². The number of benzene rings is 8. The second-order valence-corrected chi connectivity index (χ2v) is 14.7.